The summed E-state index contributed by atoms with van der Waals surface area (Å²) in [5.74, 6) is 1.34. The number of piperazine rings is 1. The van der Waals surface area contributed by atoms with E-state index in [-0.39, 0.29) is 6.04 Å². The minimum Gasteiger partial charge on any atom is -0.424 e. The molecule has 0 bridgehead atoms. The van der Waals surface area contributed by atoms with E-state index in [0.29, 0.717) is 11.8 Å². The number of hydrogen-bond acceptors (Lipinski definition) is 7. The fourth-order valence-corrected chi connectivity index (χ4v) is 3.28. The SMILES string of the molecule is Cc1csc(N2CCN(C(C)c3nnc(C)o3)CC2)n1. The van der Waals surface area contributed by atoms with Crippen molar-refractivity contribution in [2.24, 2.45) is 0 Å². The van der Waals surface area contributed by atoms with Crippen LogP contribution in [0, 0.1) is 13.8 Å². The molecule has 108 valence electrons. The van der Waals surface area contributed by atoms with Crippen molar-refractivity contribution in [3.63, 3.8) is 0 Å². The Morgan fingerprint density at radius 2 is 1.95 bits per heavy atom. The van der Waals surface area contributed by atoms with Crippen LogP contribution in [0.5, 0.6) is 0 Å². The molecular formula is C13H19N5OS. The van der Waals surface area contributed by atoms with E-state index in [1.807, 2.05) is 13.8 Å². The first-order valence-corrected chi connectivity index (χ1v) is 7.72. The van der Waals surface area contributed by atoms with Gasteiger partial charge in [-0.3, -0.25) is 4.90 Å². The molecule has 3 heterocycles. The molecule has 2 aromatic heterocycles. The highest BCUT2D eigenvalue weighted by Crippen LogP contribution is 2.25. The Kier molecular flexibility index (Phi) is 3.71. The molecule has 6 nitrogen and oxygen atoms in total. The lowest BCUT2D eigenvalue weighted by Gasteiger charge is -2.36. The van der Waals surface area contributed by atoms with Gasteiger partial charge in [0.05, 0.1) is 11.7 Å². The highest BCUT2D eigenvalue weighted by Gasteiger charge is 2.26. The molecular weight excluding hydrogens is 274 g/mol. The van der Waals surface area contributed by atoms with Crippen LogP contribution in [0.25, 0.3) is 0 Å². The van der Waals surface area contributed by atoms with Crippen LogP contribution < -0.4 is 4.90 Å². The molecule has 0 aliphatic carbocycles. The molecule has 0 aromatic carbocycles. The second kappa shape index (κ2) is 5.49. The summed E-state index contributed by atoms with van der Waals surface area (Å²) in [5.41, 5.74) is 1.10. The van der Waals surface area contributed by atoms with E-state index < -0.39 is 0 Å². The van der Waals surface area contributed by atoms with Crippen molar-refractivity contribution >= 4 is 16.5 Å². The van der Waals surface area contributed by atoms with E-state index >= 15 is 0 Å². The molecule has 1 fully saturated rings. The monoisotopic (exact) mass is 293 g/mol. The largest absolute Gasteiger partial charge is 0.424 e. The van der Waals surface area contributed by atoms with Crippen molar-refractivity contribution in [3.8, 4) is 0 Å². The van der Waals surface area contributed by atoms with Gasteiger partial charge in [-0.25, -0.2) is 4.98 Å². The van der Waals surface area contributed by atoms with Crippen LogP contribution in [0.3, 0.4) is 0 Å². The summed E-state index contributed by atoms with van der Waals surface area (Å²) >= 11 is 1.72. The molecule has 1 unspecified atom stereocenters. The highest BCUT2D eigenvalue weighted by molar-refractivity contribution is 7.13. The minimum absolute atomic E-state index is 0.177. The van der Waals surface area contributed by atoms with Crippen LogP contribution >= 0.6 is 11.3 Å². The summed E-state index contributed by atoms with van der Waals surface area (Å²) in [6, 6.07) is 0.177. The zero-order valence-electron chi connectivity index (χ0n) is 12.0. The van der Waals surface area contributed by atoms with Gasteiger partial charge in [0.2, 0.25) is 11.8 Å². The summed E-state index contributed by atoms with van der Waals surface area (Å²) < 4.78 is 5.53. The second-order valence-corrected chi connectivity index (χ2v) is 5.97. The maximum absolute atomic E-state index is 5.53. The Morgan fingerprint density at radius 1 is 1.20 bits per heavy atom. The van der Waals surface area contributed by atoms with Gasteiger partial charge in [-0.1, -0.05) is 0 Å². The third-order valence-electron chi connectivity index (χ3n) is 3.64. The predicted octanol–water partition coefficient (Wildman–Crippen LogP) is 2.03. The molecule has 2 aromatic rings. The fraction of sp³-hybridized carbons (Fsp3) is 0.615. The van der Waals surface area contributed by atoms with E-state index in [0.717, 1.165) is 37.0 Å². The van der Waals surface area contributed by atoms with Gasteiger partial charge in [0.15, 0.2) is 5.13 Å². The maximum Gasteiger partial charge on any atom is 0.233 e. The van der Waals surface area contributed by atoms with Crippen molar-refractivity contribution in [2.75, 3.05) is 31.1 Å². The standard InChI is InChI=1S/C13H19N5OS/c1-9-8-20-13(14-9)18-6-4-17(5-7-18)10(2)12-16-15-11(3)19-12/h8,10H,4-7H2,1-3H3. The number of hydrogen-bond donors (Lipinski definition) is 0. The van der Waals surface area contributed by atoms with Crippen molar-refractivity contribution in [1.82, 2.24) is 20.1 Å². The molecule has 1 aliphatic heterocycles. The predicted molar refractivity (Wildman–Crippen MR) is 78.1 cm³/mol. The molecule has 0 N–H and O–H groups in total. The number of nitrogens with zero attached hydrogens (tertiary/aromatic N) is 5. The van der Waals surface area contributed by atoms with Crippen LogP contribution in [-0.2, 0) is 0 Å². The zero-order chi connectivity index (χ0) is 14.1. The van der Waals surface area contributed by atoms with Crippen molar-refractivity contribution in [1.29, 1.82) is 0 Å². The van der Waals surface area contributed by atoms with Gasteiger partial charge in [0.1, 0.15) is 0 Å². The van der Waals surface area contributed by atoms with Gasteiger partial charge >= 0.3 is 0 Å². The summed E-state index contributed by atoms with van der Waals surface area (Å²) in [7, 11) is 0. The molecule has 1 saturated heterocycles. The Hall–Kier alpha value is -1.47. The lowest BCUT2D eigenvalue weighted by molar-refractivity contribution is 0.172. The van der Waals surface area contributed by atoms with Crippen LogP contribution in [0.2, 0.25) is 0 Å². The highest BCUT2D eigenvalue weighted by atomic mass is 32.1. The number of aryl methyl sites for hydroxylation is 2. The van der Waals surface area contributed by atoms with E-state index in [2.05, 4.69) is 37.3 Å². The molecule has 20 heavy (non-hydrogen) atoms. The first-order valence-electron chi connectivity index (χ1n) is 6.84. The number of aromatic nitrogens is 3. The normalized spacial score (nSPS) is 18.4. The molecule has 7 heteroatoms. The number of anilines is 1. The molecule has 0 spiro atoms. The van der Waals surface area contributed by atoms with E-state index in [4.69, 9.17) is 4.42 Å². The quantitative estimate of drug-likeness (QED) is 0.863. The van der Waals surface area contributed by atoms with Crippen LogP contribution in [0.15, 0.2) is 9.80 Å². The Balaban J connectivity index is 1.61. The Morgan fingerprint density at radius 3 is 2.50 bits per heavy atom. The van der Waals surface area contributed by atoms with Crippen LogP contribution in [0.4, 0.5) is 5.13 Å². The molecule has 0 amide bonds. The van der Waals surface area contributed by atoms with Crippen LogP contribution in [0.1, 0.15) is 30.4 Å². The Labute approximate surface area is 122 Å². The molecule has 0 saturated carbocycles. The first kappa shape index (κ1) is 13.5. The molecule has 1 aliphatic rings. The zero-order valence-corrected chi connectivity index (χ0v) is 12.9. The first-order chi connectivity index (χ1) is 9.63. The van der Waals surface area contributed by atoms with Crippen molar-refractivity contribution in [3.05, 3.63) is 22.9 Å². The van der Waals surface area contributed by atoms with Gasteiger partial charge in [0.25, 0.3) is 0 Å². The molecule has 0 radical (unpaired) electrons. The molecule has 1 atom stereocenters. The third-order valence-corrected chi connectivity index (χ3v) is 4.66. The summed E-state index contributed by atoms with van der Waals surface area (Å²) in [6.45, 7) is 9.94. The lowest BCUT2D eigenvalue weighted by atomic mass is 10.2. The van der Waals surface area contributed by atoms with E-state index in [9.17, 15) is 0 Å². The summed E-state index contributed by atoms with van der Waals surface area (Å²) in [4.78, 5) is 9.28. The topological polar surface area (TPSA) is 58.3 Å². The maximum atomic E-state index is 5.53. The van der Waals surface area contributed by atoms with Gasteiger partial charge in [-0.15, -0.1) is 21.5 Å². The van der Waals surface area contributed by atoms with Gasteiger partial charge in [-0.05, 0) is 13.8 Å². The van der Waals surface area contributed by atoms with E-state index in [1.54, 1.807) is 11.3 Å². The summed E-state index contributed by atoms with van der Waals surface area (Å²) in [6.07, 6.45) is 0. The molecule has 3 rings (SSSR count). The smallest absolute Gasteiger partial charge is 0.233 e. The number of rotatable bonds is 3. The van der Waals surface area contributed by atoms with Crippen molar-refractivity contribution < 1.29 is 4.42 Å². The van der Waals surface area contributed by atoms with E-state index in [1.165, 1.54) is 0 Å². The number of thiazole rings is 1. The Bertz CT molecular complexity index is 573. The third kappa shape index (κ3) is 2.69. The second-order valence-electron chi connectivity index (χ2n) is 5.13. The average Bonchev–Trinajstić information content (AvgIpc) is 3.07. The van der Waals surface area contributed by atoms with Gasteiger partial charge < -0.3 is 9.32 Å². The average molecular weight is 293 g/mol. The van der Waals surface area contributed by atoms with Crippen molar-refractivity contribution in [2.45, 2.75) is 26.8 Å². The lowest BCUT2D eigenvalue weighted by Crippen LogP contribution is -2.47. The van der Waals surface area contributed by atoms with Gasteiger partial charge in [0, 0.05) is 38.5 Å². The fourth-order valence-electron chi connectivity index (χ4n) is 2.42. The minimum atomic E-state index is 0.177. The van der Waals surface area contributed by atoms with Gasteiger partial charge in [-0.2, -0.15) is 0 Å². The van der Waals surface area contributed by atoms with Crippen LogP contribution in [-0.4, -0.2) is 46.3 Å². The summed E-state index contributed by atoms with van der Waals surface area (Å²) in [5, 5.41) is 11.3.